The molecule has 0 spiro atoms. The molecule has 20 heavy (non-hydrogen) atoms. The Kier molecular flexibility index (Phi) is 4.95. The molecule has 0 radical (unpaired) electrons. The molecule has 2 N–H and O–H groups in total. The highest BCUT2D eigenvalue weighted by Crippen LogP contribution is 2.09. The summed E-state index contributed by atoms with van der Waals surface area (Å²) in [6.07, 6.45) is 0. The van der Waals surface area contributed by atoms with Crippen LogP contribution in [0.15, 0.2) is 41.6 Å². The van der Waals surface area contributed by atoms with Crippen molar-refractivity contribution in [3.05, 3.63) is 41.6 Å². The molecule has 1 aromatic carbocycles. The van der Waals surface area contributed by atoms with Crippen molar-refractivity contribution in [2.45, 2.75) is 6.92 Å². The molecule has 0 atom stereocenters. The smallest absolute Gasteiger partial charge is 0.337 e. The number of carbonyl (C=O) groups is 1. The van der Waals surface area contributed by atoms with Crippen molar-refractivity contribution in [3.8, 4) is 5.75 Å². The first-order valence-corrected chi connectivity index (χ1v) is 6.67. The van der Waals surface area contributed by atoms with Gasteiger partial charge in [0.15, 0.2) is 5.11 Å². The van der Waals surface area contributed by atoms with Crippen molar-refractivity contribution in [2.24, 2.45) is 0 Å². The number of benzene rings is 1. The van der Waals surface area contributed by atoms with Crippen LogP contribution in [0.25, 0.3) is 0 Å². The average molecular weight is 292 g/mol. The number of nitrogens with one attached hydrogen (secondary N) is 2. The maximum atomic E-state index is 11.9. The lowest BCUT2D eigenvalue weighted by atomic mass is 10.2. The lowest BCUT2D eigenvalue weighted by molar-refractivity contribution is -0.139. The molecule has 2 rings (SSSR count). The van der Waals surface area contributed by atoms with Crippen LogP contribution < -0.4 is 15.4 Å². The normalized spacial score (nSPS) is 14.3. The second kappa shape index (κ2) is 6.91. The summed E-state index contributed by atoms with van der Waals surface area (Å²) in [5.74, 6) is 0.395. The fraction of sp³-hybridized carbons (Fsp3) is 0.286. The minimum Gasteiger partial charge on any atom is -0.490 e. The Hall–Kier alpha value is -2.08. The van der Waals surface area contributed by atoms with Crippen LogP contribution in [0.1, 0.15) is 6.92 Å². The topological polar surface area (TPSA) is 59.6 Å². The van der Waals surface area contributed by atoms with E-state index in [-0.39, 0.29) is 12.6 Å². The molecule has 1 aliphatic rings. The lowest BCUT2D eigenvalue weighted by Crippen LogP contribution is -2.43. The monoisotopic (exact) mass is 292 g/mol. The standard InChI is InChI=1S/C14H16N2O3S/c1-10-12(9-15-14(20)16-10)13(17)19-8-7-18-11-5-3-2-4-6-11/h2-6H,7-9H2,1H3,(H2,15,16,20). The van der Waals surface area contributed by atoms with E-state index in [9.17, 15) is 4.79 Å². The summed E-state index contributed by atoms with van der Waals surface area (Å²) in [5, 5.41) is 6.30. The van der Waals surface area contributed by atoms with Gasteiger partial charge in [-0.15, -0.1) is 0 Å². The molecule has 0 bridgehead atoms. The Balaban J connectivity index is 1.75. The van der Waals surface area contributed by atoms with Gasteiger partial charge in [-0.3, -0.25) is 0 Å². The van der Waals surface area contributed by atoms with Gasteiger partial charge in [-0.2, -0.15) is 0 Å². The number of hydrogen-bond acceptors (Lipinski definition) is 4. The zero-order valence-electron chi connectivity index (χ0n) is 11.1. The second-order valence-electron chi connectivity index (χ2n) is 4.21. The van der Waals surface area contributed by atoms with E-state index in [1.165, 1.54) is 0 Å². The van der Waals surface area contributed by atoms with Crippen molar-refractivity contribution in [2.75, 3.05) is 19.8 Å². The Morgan fingerprint density at radius 2 is 2.05 bits per heavy atom. The third-order valence-corrected chi connectivity index (χ3v) is 3.00. The average Bonchev–Trinajstić information content (AvgIpc) is 2.44. The van der Waals surface area contributed by atoms with Crippen molar-refractivity contribution >= 4 is 23.3 Å². The Morgan fingerprint density at radius 1 is 1.30 bits per heavy atom. The first-order valence-electron chi connectivity index (χ1n) is 6.26. The third-order valence-electron chi connectivity index (χ3n) is 2.75. The number of thiocarbonyl (C=S) groups is 1. The van der Waals surface area contributed by atoms with Crippen molar-refractivity contribution in [1.82, 2.24) is 10.6 Å². The van der Waals surface area contributed by atoms with Crippen LogP contribution in [0.2, 0.25) is 0 Å². The maximum Gasteiger partial charge on any atom is 0.337 e. The molecule has 0 aliphatic carbocycles. The zero-order valence-corrected chi connectivity index (χ0v) is 12.0. The van der Waals surface area contributed by atoms with E-state index >= 15 is 0 Å². The fourth-order valence-electron chi connectivity index (χ4n) is 1.71. The van der Waals surface area contributed by atoms with Crippen LogP contribution in [0.3, 0.4) is 0 Å². The fourth-order valence-corrected chi connectivity index (χ4v) is 1.94. The molecule has 1 aromatic rings. The van der Waals surface area contributed by atoms with Gasteiger partial charge in [0, 0.05) is 5.70 Å². The second-order valence-corrected chi connectivity index (χ2v) is 4.62. The number of para-hydroxylation sites is 1. The summed E-state index contributed by atoms with van der Waals surface area (Å²) in [5.41, 5.74) is 1.28. The van der Waals surface area contributed by atoms with Crippen LogP contribution in [-0.4, -0.2) is 30.8 Å². The van der Waals surface area contributed by atoms with E-state index in [1.54, 1.807) is 6.92 Å². The van der Waals surface area contributed by atoms with Crippen molar-refractivity contribution in [3.63, 3.8) is 0 Å². The molecule has 106 valence electrons. The van der Waals surface area contributed by atoms with Crippen LogP contribution >= 0.6 is 12.2 Å². The summed E-state index contributed by atoms with van der Waals surface area (Å²) in [7, 11) is 0. The molecule has 1 aliphatic heterocycles. The first-order chi connectivity index (χ1) is 9.66. The summed E-state index contributed by atoms with van der Waals surface area (Å²) < 4.78 is 10.6. The minimum absolute atomic E-state index is 0.203. The predicted molar refractivity (Wildman–Crippen MR) is 79.3 cm³/mol. The van der Waals surface area contributed by atoms with Gasteiger partial charge in [0.25, 0.3) is 0 Å². The van der Waals surface area contributed by atoms with Crippen molar-refractivity contribution in [1.29, 1.82) is 0 Å². The number of hydrogen-bond donors (Lipinski definition) is 2. The number of allylic oxidation sites excluding steroid dienone is 1. The summed E-state index contributed by atoms with van der Waals surface area (Å²) in [6, 6.07) is 9.39. The lowest BCUT2D eigenvalue weighted by Gasteiger charge is -2.20. The van der Waals surface area contributed by atoms with E-state index in [0.29, 0.717) is 23.8 Å². The number of rotatable bonds is 5. The van der Waals surface area contributed by atoms with Gasteiger partial charge >= 0.3 is 5.97 Å². The third kappa shape index (κ3) is 3.96. The minimum atomic E-state index is -0.360. The van der Waals surface area contributed by atoms with Crippen molar-refractivity contribution < 1.29 is 14.3 Å². The first kappa shape index (κ1) is 14.3. The van der Waals surface area contributed by atoms with Gasteiger partial charge in [-0.25, -0.2) is 4.79 Å². The van der Waals surface area contributed by atoms with Gasteiger partial charge in [0.1, 0.15) is 19.0 Å². The molecular weight excluding hydrogens is 276 g/mol. The van der Waals surface area contributed by atoms with Crippen LogP contribution in [0.4, 0.5) is 0 Å². The van der Waals surface area contributed by atoms with E-state index in [2.05, 4.69) is 10.6 Å². The largest absolute Gasteiger partial charge is 0.490 e. The van der Waals surface area contributed by atoms with Gasteiger partial charge < -0.3 is 20.1 Å². The van der Waals surface area contributed by atoms with Gasteiger partial charge in [-0.05, 0) is 31.3 Å². The van der Waals surface area contributed by atoms with Crippen LogP contribution in [0, 0.1) is 0 Å². The van der Waals surface area contributed by atoms with E-state index < -0.39 is 0 Å². The highest BCUT2D eigenvalue weighted by molar-refractivity contribution is 7.80. The molecule has 0 amide bonds. The quantitative estimate of drug-likeness (QED) is 0.485. The summed E-state index contributed by atoms with van der Waals surface area (Å²) in [4.78, 5) is 11.9. The van der Waals surface area contributed by atoms with Gasteiger partial charge in [0.05, 0.1) is 12.1 Å². The van der Waals surface area contributed by atoms with Gasteiger partial charge in [0.2, 0.25) is 0 Å². The molecule has 0 saturated carbocycles. The zero-order chi connectivity index (χ0) is 14.4. The summed E-state index contributed by atoms with van der Waals surface area (Å²) in [6.45, 7) is 2.70. The van der Waals surface area contributed by atoms with E-state index in [1.807, 2.05) is 30.3 Å². The SMILES string of the molecule is CC1=C(C(=O)OCCOc2ccccc2)CNC(=S)N1. The Morgan fingerprint density at radius 3 is 2.75 bits per heavy atom. The number of ether oxygens (including phenoxy) is 2. The molecular formula is C14H16N2O3S. The highest BCUT2D eigenvalue weighted by Gasteiger charge is 2.19. The molecule has 0 saturated heterocycles. The maximum absolute atomic E-state index is 11.9. The van der Waals surface area contributed by atoms with E-state index in [0.717, 1.165) is 11.4 Å². The molecule has 1 heterocycles. The number of carbonyl (C=O) groups excluding carboxylic acids is 1. The van der Waals surface area contributed by atoms with Gasteiger partial charge in [-0.1, -0.05) is 18.2 Å². The summed E-state index contributed by atoms with van der Waals surface area (Å²) >= 11 is 4.95. The molecule has 5 nitrogen and oxygen atoms in total. The van der Waals surface area contributed by atoms with Crippen LogP contribution in [-0.2, 0) is 9.53 Å². The Bertz CT molecular complexity index is 528. The molecule has 0 unspecified atom stereocenters. The molecule has 0 aromatic heterocycles. The Labute approximate surface area is 123 Å². The number of esters is 1. The highest BCUT2D eigenvalue weighted by atomic mass is 32.1. The molecule has 0 fully saturated rings. The van der Waals surface area contributed by atoms with E-state index in [4.69, 9.17) is 21.7 Å². The molecule has 6 heteroatoms. The predicted octanol–water partition coefficient (Wildman–Crippen LogP) is 1.36. The van der Waals surface area contributed by atoms with Crippen LogP contribution in [0.5, 0.6) is 5.75 Å².